The van der Waals surface area contributed by atoms with Crippen LogP contribution in [0.2, 0.25) is 0 Å². The standard InChI is InChI=1S/C21H19F2N3OS/c22-21(23)28-17-11-9-16(10-12-17)26-19(27)14-25-20(15-6-2-1-3-7-15)18-8-4-5-13-24-18/h1-13,20-21,25H,14H2,(H,26,27). The van der Waals surface area contributed by atoms with Crippen LogP contribution in [0.4, 0.5) is 14.5 Å². The maximum atomic E-state index is 12.4. The molecule has 2 aromatic carbocycles. The second-order valence-corrected chi connectivity index (χ2v) is 6.99. The first-order valence-corrected chi connectivity index (χ1v) is 9.54. The first-order chi connectivity index (χ1) is 13.6. The Morgan fingerprint density at radius 3 is 2.32 bits per heavy atom. The van der Waals surface area contributed by atoms with Gasteiger partial charge in [-0.15, -0.1) is 0 Å². The number of carbonyl (C=O) groups excluding carboxylic acids is 1. The van der Waals surface area contributed by atoms with Crippen molar-refractivity contribution in [3.63, 3.8) is 0 Å². The fourth-order valence-corrected chi connectivity index (χ4v) is 3.20. The Kier molecular flexibility index (Phi) is 7.11. The van der Waals surface area contributed by atoms with Crippen LogP contribution in [0.25, 0.3) is 0 Å². The van der Waals surface area contributed by atoms with Crippen LogP contribution in [0.5, 0.6) is 0 Å². The first kappa shape index (κ1) is 20.0. The molecule has 0 fully saturated rings. The summed E-state index contributed by atoms with van der Waals surface area (Å²) in [7, 11) is 0. The normalized spacial score (nSPS) is 12.0. The summed E-state index contributed by atoms with van der Waals surface area (Å²) in [6, 6.07) is 21.5. The number of rotatable bonds is 8. The molecule has 0 saturated carbocycles. The summed E-state index contributed by atoms with van der Waals surface area (Å²) in [4.78, 5) is 17.2. The summed E-state index contributed by atoms with van der Waals surface area (Å²) in [6.45, 7) is 0.0731. The first-order valence-electron chi connectivity index (χ1n) is 8.66. The van der Waals surface area contributed by atoms with Crippen LogP contribution >= 0.6 is 11.8 Å². The van der Waals surface area contributed by atoms with Gasteiger partial charge in [-0.25, -0.2) is 0 Å². The summed E-state index contributed by atoms with van der Waals surface area (Å²) in [5.41, 5.74) is 2.37. The zero-order valence-corrected chi connectivity index (χ0v) is 15.7. The van der Waals surface area contributed by atoms with E-state index in [1.54, 1.807) is 30.5 Å². The highest BCUT2D eigenvalue weighted by atomic mass is 32.2. The number of halogens is 2. The van der Waals surface area contributed by atoms with Gasteiger partial charge >= 0.3 is 0 Å². The van der Waals surface area contributed by atoms with Gasteiger partial charge in [-0.2, -0.15) is 8.78 Å². The molecule has 0 aliphatic rings. The summed E-state index contributed by atoms with van der Waals surface area (Å²) in [5.74, 6) is -2.70. The van der Waals surface area contributed by atoms with Gasteiger partial charge in [0.05, 0.1) is 18.3 Å². The number of carbonyl (C=O) groups is 1. The summed E-state index contributed by atoms with van der Waals surface area (Å²) < 4.78 is 24.7. The molecule has 3 rings (SSSR count). The summed E-state index contributed by atoms with van der Waals surface area (Å²) in [5, 5.41) is 5.99. The predicted molar refractivity (Wildman–Crippen MR) is 107 cm³/mol. The number of benzene rings is 2. The lowest BCUT2D eigenvalue weighted by atomic mass is 10.0. The van der Waals surface area contributed by atoms with Crippen molar-refractivity contribution < 1.29 is 13.6 Å². The Bertz CT molecular complexity index is 838. The Labute approximate surface area is 166 Å². The van der Waals surface area contributed by atoms with Gasteiger partial charge in [0, 0.05) is 16.8 Å². The number of aromatic nitrogens is 1. The highest BCUT2D eigenvalue weighted by Crippen LogP contribution is 2.26. The Balaban J connectivity index is 1.62. The molecule has 0 aliphatic carbocycles. The molecule has 1 heterocycles. The van der Waals surface area contributed by atoms with Crippen molar-refractivity contribution >= 4 is 23.4 Å². The molecule has 7 heteroatoms. The third-order valence-electron chi connectivity index (χ3n) is 3.95. The van der Waals surface area contributed by atoms with Gasteiger partial charge in [-0.1, -0.05) is 48.2 Å². The fraction of sp³-hybridized carbons (Fsp3) is 0.143. The maximum Gasteiger partial charge on any atom is 0.288 e. The molecule has 1 amide bonds. The van der Waals surface area contributed by atoms with Crippen LogP contribution in [0, 0.1) is 0 Å². The highest BCUT2D eigenvalue weighted by Gasteiger charge is 2.16. The number of nitrogens with one attached hydrogen (secondary N) is 2. The number of nitrogens with zero attached hydrogens (tertiary/aromatic N) is 1. The van der Waals surface area contributed by atoms with E-state index in [2.05, 4.69) is 15.6 Å². The molecule has 28 heavy (non-hydrogen) atoms. The van der Waals surface area contributed by atoms with Gasteiger partial charge in [0.2, 0.25) is 5.91 Å². The number of hydrogen-bond donors (Lipinski definition) is 2. The van der Waals surface area contributed by atoms with Crippen molar-refractivity contribution in [2.24, 2.45) is 0 Å². The fourth-order valence-electron chi connectivity index (χ4n) is 2.71. The van der Waals surface area contributed by atoms with E-state index in [9.17, 15) is 13.6 Å². The maximum absolute atomic E-state index is 12.4. The van der Waals surface area contributed by atoms with E-state index in [0.29, 0.717) is 22.3 Å². The number of pyridine rings is 1. The molecule has 2 N–H and O–H groups in total. The monoisotopic (exact) mass is 399 g/mol. The van der Waals surface area contributed by atoms with Gasteiger partial charge in [-0.05, 0) is 42.0 Å². The number of thioether (sulfide) groups is 1. The van der Waals surface area contributed by atoms with Gasteiger partial charge in [0.1, 0.15) is 0 Å². The minimum absolute atomic E-state index is 0.0731. The van der Waals surface area contributed by atoms with Crippen LogP contribution < -0.4 is 10.6 Å². The van der Waals surface area contributed by atoms with E-state index < -0.39 is 5.76 Å². The largest absolute Gasteiger partial charge is 0.325 e. The SMILES string of the molecule is O=C(CNC(c1ccccc1)c1ccccn1)Nc1ccc(SC(F)F)cc1. The van der Waals surface area contributed by atoms with Gasteiger partial charge in [0.25, 0.3) is 5.76 Å². The van der Waals surface area contributed by atoms with Gasteiger partial charge in [0.15, 0.2) is 0 Å². The number of alkyl halides is 2. The van der Waals surface area contributed by atoms with E-state index in [-0.39, 0.29) is 18.5 Å². The molecule has 0 spiro atoms. The van der Waals surface area contributed by atoms with E-state index >= 15 is 0 Å². The summed E-state index contributed by atoms with van der Waals surface area (Å²) in [6.07, 6.45) is 1.71. The zero-order chi connectivity index (χ0) is 19.8. The Morgan fingerprint density at radius 2 is 1.68 bits per heavy atom. The molecule has 144 valence electrons. The molecular weight excluding hydrogens is 380 g/mol. The van der Waals surface area contributed by atoms with Crippen LogP contribution in [0.3, 0.4) is 0 Å². The molecule has 3 aromatic rings. The second kappa shape index (κ2) is 9.96. The minimum atomic E-state index is -2.47. The quantitative estimate of drug-likeness (QED) is 0.539. The Hall–Kier alpha value is -2.77. The number of amides is 1. The van der Waals surface area contributed by atoms with E-state index in [1.807, 2.05) is 48.5 Å². The Morgan fingerprint density at radius 1 is 0.964 bits per heavy atom. The van der Waals surface area contributed by atoms with E-state index in [4.69, 9.17) is 0 Å². The van der Waals surface area contributed by atoms with Crippen LogP contribution in [-0.4, -0.2) is 23.2 Å². The minimum Gasteiger partial charge on any atom is -0.325 e. The van der Waals surface area contributed by atoms with Crippen LogP contribution in [0.1, 0.15) is 17.3 Å². The molecule has 1 unspecified atom stereocenters. The second-order valence-electron chi connectivity index (χ2n) is 5.93. The molecule has 1 aromatic heterocycles. The third kappa shape index (κ3) is 5.87. The van der Waals surface area contributed by atoms with Crippen molar-refractivity contribution in [3.05, 3.63) is 90.3 Å². The lowest BCUT2D eigenvalue weighted by Crippen LogP contribution is -2.32. The zero-order valence-electron chi connectivity index (χ0n) is 14.9. The van der Waals surface area contributed by atoms with Crippen molar-refractivity contribution in [2.75, 3.05) is 11.9 Å². The van der Waals surface area contributed by atoms with Crippen molar-refractivity contribution in [1.29, 1.82) is 0 Å². The number of anilines is 1. The molecule has 1 atom stereocenters. The van der Waals surface area contributed by atoms with Gasteiger partial charge in [-0.3, -0.25) is 15.1 Å². The molecule has 4 nitrogen and oxygen atoms in total. The lowest BCUT2D eigenvalue weighted by molar-refractivity contribution is -0.115. The lowest BCUT2D eigenvalue weighted by Gasteiger charge is -2.18. The third-order valence-corrected chi connectivity index (χ3v) is 4.67. The molecule has 0 aliphatic heterocycles. The predicted octanol–water partition coefficient (Wildman–Crippen LogP) is 4.71. The van der Waals surface area contributed by atoms with Crippen LogP contribution in [-0.2, 0) is 4.79 Å². The topological polar surface area (TPSA) is 54.0 Å². The highest BCUT2D eigenvalue weighted by molar-refractivity contribution is 7.99. The molecular formula is C21H19F2N3OS. The molecule has 0 saturated heterocycles. The molecule has 0 bridgehead atoms. The average molecular weight is 399 g/mol. The van der Waals surface area contributed by atoms with Crippen molar-refractivity contribution in [1.82, 2.24) is 10.3 Å². The van der Waals surface area contributed by atoms with Crippen LogP contribution in [0.15, 0.2) is 83.9 Å². The smallest absolute Gasteiger partial charge is 0.288 e. The number of hydrogen-bond acceptors (Lipinski definition) is 4. The van der Waals surface area contributed by atoms with E-state index in [0.717, 1.165) is 11.3 Å². The van der Waals surface area contributed by atoms with Gasteiger partial charge < -0.3 is 5.32 Å². The van der Waals surface area contributed by atoms with Crippen molar-refractivity contribution in [3.8, 4) is 0 Å². The summed E-state index contributed by atoms with van der Waals surface area (Å²) >= 11 is 0.470. The van der Waals surface area contributed by atoms with Crippen molar-refractivity contribution in [2.45, 2.75) is 16.7 Å². The molecule has 0 radical (unpaired) electrons. The van der Waals surface area contributed by atoms with E-state index in [1.165, 1.54) is 0 Å². The average Bonchev–Trinajstić information content (AvgIpc) is 2.71.